The fourth-order valence-corrected chi connectivity index (χ4v) is 4.02. The van der Waals surface area contributed by atoms with Crippen LogP contribution in [0.4, 0.5) is 5.69 Å². The number of fused-ring (bicyclic) bond motifs is 1. The molecule has 1 aliphatic heterocycles. The van der Waals surface area contributed by atoms with Crippen LogP contribution in [0, 0.1) is 6.92 Å². The van der Waals surface area contributed by atoms with Crippen molar-refractivity contribution >= 4 is 21.7 Å². The molecule has 0 aromatic heterocycles. The summed E-state index contributed by atoms with van der Waals surface area (Å²) in [7, 11) is -3.73. The zero-order valence-corrected chi connectivity index (χ0v) is 15.6. The summed E-state index contributed by atoms with van der Waals surface area (Å²) in [5, 5.41) is 3.09. The summed E-state index contributed by atoms with van der Waals surface area (Å²) < 4.78 is 28.1. The van der Waals surface area contributed by atoms with Crippen LogP contribution in [0.25, 0.3) is 0 Å². The average Bonchev–Trinajstić information content (AvgIpc) is 2.68. The van der Waals surface area contributed by atoms with Gasteiger partial charge in [0.15, 0.2) is 0 Å². The second kappa shape index (κ2) is 6.89. The minimum Gasteiger partial charge on any atom is -0.325 e. The number of rotatable bonds is 3. The first kappa shape index (κ1) is 17.3. The quantitative estimate of drug-likeness (QED) is 0.728. The molecule has 1 aliphatic rings. The molecule has 0 radical (unpaired) electrons. The van der Waals surface area contributed by atoms with E-state index in [0.29, 0.717) is 0 Å². The van der Waals surface area contributed by atoms with Crippen molar-refractivity contribution in [1.82, 2.24) is 4.72 Å². The number of para-hydroxylation sites is 1. The monoisotopic (exact) mass is 377 g/mol. The van der Waals surface area contributed by atoms with Gasteiger partial charge in [-0.3, -0.25) is 0 Å². The lowest BCUT2D eigenvalue weighted by Gasteiger charge is -2.25. The molecule has 0 saturated heterocycles. The van der Waals surface area contributed by atoms with E-state index in [0.717, 1.165) is 22.4 Å². The molecule has 3 aromatic rings. The van der Waals surface area contributed by atoms with Crippen molar-refractivity contribution in [3.8, 4) is 0 Å². The molecular formula is C21H19N3O2S. The van der Waals surface area contributed by atoms with E-state index >= 15 is 0 Å². The molecule has 3 aromatic carbocycles. The number of aliphatic imine (C=N–C) groups is 1. The predicted molar refractivity (Wildman–Crippen MR) is 107 cm³/mol. The topological polar surface area (TPSA) is 70.6 Å². The van der Waals surface area contributed by atoms with Gasteiger partial charge in [0.25, 0.3) is 10.0 Å². The summed E-state index contributed by atoms with van der Waals surface area (Å²) in [6.07, 6.45) is 0. The Morgan fingerprint density at radius 1 is 0.889 bits per heavy atom. The molecule has 0 saturated carbocycles. The van der Waals surface area contributed by atoms with Crippen molar-refractivity contribution in [3.63, 3.8) is 0 Å². The van der Waals surface area contributed by atoms with Crippen LogP contribution in [0.2, 0.25) is 0 Å². The summed E-state index contributed by atoms with van der Waals surface area (Å²) >= 11 is 0. The van der Waals surface area contributed by atoms with E-state index in [1.807, 2.05) is 61.5 Å². The summed E-state index contributed by atoms with van der Waals surface area (Å²) in [5.41, 5.74) is 3.84. The molecule has 0 fully saturated rings. The number of hydrogen-bond acceptors (Lipinski definition) is 4. The molecule has 6 heteroatoms. The van der Waals surface area contributed by atoms with Crippen molar-refractivity contribution in [3.05, 3.63) is 95.6 Å². The number of aryl methyl sites for hydroxylation is 1. The Hall–Kier alpha value is -3.12. The Morgan fingerprint density at radius 3 is 2.30 bits per heavy atom. The second-order valence-electron chi connectivity index (χ2n) is 6.42. The van der Waals surface area contributed by atoms with Gasteiger partial charge in [-0.25, -0.2) is 18.1 Å². The van der Waals surface area contributed by atoms with Gasteiger partial charge in [0.05, 0.1) is 4.90 Å². The highest BCUT2D eigenvalue weighted by atomic mass is 32.2. The molecule has 0 aliphatic carbocycles. The molecule has 2 N–H and O–H groups in total. The van der Waals surface area contributed by atoms with Gasteiger partial charge >= 0.3 is 0 Å². The number of sulfonamides is 1. The summed E-state index contributed by atoms with van der Waals surface area (Å²) in [6, 6.07) is 24.0. The highest BCUT2D eigenvalue weighted by Gasteiger charge is 2.25. The summed E-state index contributed by atoms with van der Waals surface area (Å²) in [5.74, 6) is 0.211. The first-order valence-corrected chi connectivity index (χ1v) is 10.1. The van der Waals surface area contributed by atoms with Gasteiger partial charge in [0, 0.05) is 11.3 Å². The van der Waals surface area contributed by atoms with E-state index < -0.39 is 10.0 Å². The number of anilines is 1. The maximum absolute atomic E-state index is 12.7. The number of nitrogens with one attached hydrogen (secondary N) is 2. The maximum atomic E-state index is 12.7. The van der Waals surface area contributed by atoms with Gasteiger partial charge < -0.3 is 5.32 Å². The third-order valence-electron chi connectivity index (χ3n) is 4.44. The zero-order chi connectivity index (χ0) is 18.9. The average molecular weight is 377 g/mol. The molecule has 1 heterocycles. The van der Waals surface area contributed by atoms with Gasteiger partial charge in [-0.05, 0) is 30.7 Å². The molecule has 136 valence electrons. The molecule has 4 rings (SSSR count). The predicted octanol–water partition coefficient (Wildman–Crippen LogP) is 3.84. The third-order valence-corrected chi connectivity index (χ3v) is 5.80. The number of nitrogens with zero attached hydrogens (tertiary/aromatic N) is 1. The van der Waals surface area contributed by atoms with Crippen LogP contribution in [0.1, 0.15) is 22.7 Å². The lowest BCUT2D eigenvalue weighted by Crippen LogP contribution is -2.38. The van der Waals surface area contributed by atoms with Gasteiger partial charge in [-0.2, -0.15) is 0 Å². The zero-order valence-electron chi connectivity index (χ0n) is 14.8. The largest absolute Gasteiger partial charge is 0.325 e. The number of benzene rings is 3. The second-order valence-corrected chi connectivity index (χ2v) is 8.10. The fourth-order valence-electron chi connectivity index (χ4n) is 3.05. The lowest BCUT2D eigenvalue weighted by atomic mass is 9.97. The van der Waals surface area contributed by atoms with E-state index in [-0.39, 0.29) is 16.9 Å². The minimum atomic E-state index is -3.73. The Balaban J connectivity index is 1.71. The van der Waals surface area contributed by atoms with E-state index in [1.165, 1.54) is 0 Å². The lowest BCUT2D eigenvalue weighted by molar-refractivity contribution is 0.592. The summed E-state index contributed by atoms with van der Waals surface area (Å²) in [6.45, 7) is 1.91. The van der Waals surface area contributed by atoms with Crippen molar-refractivity contribution in [2.75, 3.05) is 5.32 Å². The number of guanidine groups is 1. The fraction of sp³-hybridized carbons (Fsp3) is 0.0952. The van der Waals surface area contributed by atoms with E-state index in [4.69, 9.17) is 0 Å². The number of hydrogen-bond donors (Lipinski definition) is 2. The van der Waals surface area contributed by atoms with Crippen molar-refractivity contribution in [2.45, 2.75) is 17.9 Å². The van der Waals surface area contributed by atoms with Crippen molar-refractivity contribution < 1.29 is 8.42 Å². The highest BCUT2D eigenvalue weighted by Crippen LogP contribution is 2.34. The SMILES string of the molecule is Cc1ccc(S(=O)(=O)NC2=N[C@@H](c3ccccc3)c3ccccc3N2)cc1. The molecular weight excluding hydrogens is 358 g/mol. The molecule has 0 bridgehead atoms. The first-order valence-electron chi connectivity index (χ1n) is 8.61. The Morgan fingerprint density at radius 2 is 1.56 bits per heavy atom. The van der Waals surface area contributed by atoms with Crippen LogP contribution in [0.5, 0.6) is 0 Å². The van der Waals surface area contributed by atoms with E-state index in [9.17, 15) is 8.42 Å². The molecule has 0 spiro atoms. The Bertz CT molecular complexity index is 1090. The van der Waals surface area contributed by atoms with Crippen LogP contribution >= 0.6 is 0 Å². The molecule has 5 nitrogen and oxygen atoms in total. The van der Waals surface area contributed by atoms with E-state index in [2.05, 4.69) is 15.0 Å². The molecule has 0 unspecified atom stereocenters. The highest BCUT2D eigenvalue weighted by molar-refractivity contribution is 7.90. The third kappa shape index (κ3) is 3.57. The van der Waals surface area contributed by atoms with Gasteiger partial charge in [0.1, 0.15) is 6.04 Å². The molecule has 1 atom stereocenters. The van der Waals surface area contributed by atoms with Crippen molar-refractivity contribution in [2.24, 2.45) is 4.99 Å². The normalized spacial score (nSPS) is 16.0. The standard InChI is InChI=1S/C21H19N3O2S/c1-15-11-13-17(14-12-15)27(25,26)24-21-22-19-10-6-5-9-18(19)20(23-21)16-7-3-2-4-8-16/h2-14,20H,1H3,(H2,22,23,24)/t20-/m0/s1. The van der Waals surface area contributed by atoms with Crippen LogP contribution in [0.3, 0.4) is 0 Å². The van der Waals surface area contributed by atoms with Gasteiger partial charge in [-0.15, -0.1) is 0 Å². The van der Waals surface area contributed by atoms with Gasteiger partial charge in [0.2, 0.25) is 5.96 Å². The molecule has 27 heavy (non-hydrogen) atoms. The molecule has 0 amide bonds. The Kier molecular flexibility index (Phi) is 4.41. The van der Waals surface area contributed by atoms with Crippen LogP contribution in [-0.4, -0.2) is 14.4 Å². The van der Waals surface area contributed by atoms with Crippen LogP contribution < -0.4 is 10.0 Å². The van der Waals surface area contributed by atoms with Crippen molar-refractivity contribution in [1.29, 1.82) is 0 Å². The van der Waals surface area contributed by atoms with Crippen LogP contribution in [0.15, 0.2) is 88.8 Å². The first-order chi connectivity index (χ1) is 13.0. The minimum absolute atomic E-state index is 0.202. The van der Waals surface area contributed by atoms with Crippen LogP contribution in [-0.2, 0) is 10.0 Å². The Labute approximate surface area is 158 Å². The van der Waals surface area contributed by atoms with E-state index in [1.54, 1.807) is 24.3 Å². The summed E-state index contributed by atoms with van der Waals surface area (Å²) in [4.78, 5) is 4.84. The maximum Gasteiger partial charge on any atom is 0.264 e. The van der Waals surface area contributed by atoms with Gasteiger partial charge in [-0.1, -0.05) is 66.2 Å². The smallest absolute Gasteiger partial charge is 0.264 e.